The van der Waals surface area contributed by atoms with E-state index in [1.54, 1.807) is 11.3 Å². The molecule has 19 heavy (non-hydrogen) atoms. The molecule has 1 amide bonds. The van der Waals surface area contributed by atoms with Crippen molar-refractivity contribution in [1.82, 2.24) is 20.2 Å². The summed E-state index contributed by atoms with van der Waals surface area (Å²) in [5.41, 5.74) is 0. The normalized spacial score (nSPS) is 20.7. The third kappa shape index (κ3) is 2.43. The molecule has 1 fully saturated rings. The fourth-order valence-electron chi connectivity index (χ4n) is 2.16. The Morgan fingerprint density at radius 2 is 2.42 bits per heavy atom. The summed E-state index contributed by atoms with van der Waals surface area (Å²) in [7, 11) is 0. The lowest BCUT2D eigenvalue weighted by Gasteiger charge is -2.31. The number of carbonyl (C=O) groups is 1. The number of piperazine rings is 1. The molecular formula is C12H13ClN4OS. The Kier molecular flexibility index (Phi) is 3.38. The fourth-order valence-corrected chi connectivity index (χ4v) is 3.25. The Bertz CT molecular complexity index is 629. The third-order valence-electron chi connectivity index (χ3n) is 3.29. The van der Waals surface area contributed by atoms with Gasteiger partial charge in [-0.2, -0.15) is 0 Å². The van der Waals surface area contributed by atoms with Gasteiger partial charge < -0.3 is 5.32 Å². The van der Waals surface area contributed by atoms with Gasteiger partial charge in [0.15, 0.2) is 0 Å². The van der Waals surface area contributed by atoms with Gasteiger partial charge in [0.05, 0.1) is 12.6 Å². The highest BCUT2D eigenvalue weighted by atomic mass is 35.5. The van der Waals surface area contributed by atoms with Gasteiger partial charge in [-0.3, -0.25) is 9.69 Å². The van der Waals surface area contributed by atoms with E-state index < -0.39 is 0 Å². The molecule has 1 aliphatic rings. The third-order valence-corrected chi connectivity index (χ3v) is 4.39. The molecule has 1 N–H and O–H groups in total. The average Bonchev–Trinajstić information content (AvgIpc) is 2.84. The zero-order valence-corrected chi connectivity index (χ0v) is 12.0. The highest BCUT2D eigenvalue weighted by Gasteiger charge is 2.26. The first-order valence-corrected chi connectivity index (χ1v) is 7.32. The van der Waals surface area contributed by atoms with E-state index in [1.807, 2.05) is 18.4 Å². The number of nitrogens with one attached hydrogen (secondary N) is 1. The lowest BCUT2D eigenvalue weighted by molar-refractivity contribution is -0.128. The second-order valence-corrected chi connectivity index (χ2v) is 5.76. The molecule has 1 aliphatic heterocycles. The van der Waals surface area contributed by atoms with Crippen LogP contribution >= 0.6 is 22.9 Å². The lowest BCUT2D eigenvalue weighted by Crippen LogP contribution is -2.53. The maximum absolute atomic E-state index is 11.6. The summed E-state index contributed by atoms with van der Waals surface area (Å²) in [4.78, 5) is 23.4. The van der Waals surface area contributed by atoms with E-state index >= 15 is 0 Å². The van der Waals surface area contributed by atoms with Crippen molar-refractivity contribution in [3.8, 4) is 0 Å². The van der Waals surface area contributed by atoms with Crippen LogP contribution in [0.1, 0.15) is 12.7 Å². The molecule has 0 radical (unpaired) electrons. The Balaban J connectivity index is 1.86. The first kappa shape index (κ1) is 12.8. The number of hydrogen-bond donors (Lipinski definition) is 1. The molecule has 0 saturated carbocycles. The monoisotopic (exact) mass is 296 g/mol. The van der Waals surface area contributed by atoms with E-state index in [9.17, 15) is 4.79 Å². The molecule has 100 valence electrons. The number of amides is 1. The van der Waals surface area contributed by atoms with Crippen LogP contribution in [-0.2, 0) is 11.3 Å². The summed E-state index contributed by atoms with van der Waals surface area (Å²) in [6.07, 6.45) is 0. The Morgan fingerprint density at radius 3 is 3.26 bits per heavy atom. The summed E-state index contributed by atoms with van der Waals surface area (Å²) >= 11 is 7.69. The summed E-state index contributed by atoms with van der Waals surface area (Å²) in [5.74, 6) is 0.719. The van der Waals surface area contributed by atoms with E-state index in [2.05, 4.69) is 20.2 Å². The van der Waals surface area contributed by atoms with Crippen molar-refractivity contribution in [2.24, 2.45) is 0 Å². The van der Waals surface area contributed by atoms with Gasteiger partial charge in [0.25, 0.3) is 0 Å². The number of nitrogens with zero attached hydrogens (tertiary/aromatic N) is 3. The topological polar surface area (TPSA) is 58.1 Å². The largest absolute Gasteiger partial charge is 0.353 e. The number of halogens is 1. The van der Waals surface area contributed by atoms with Crippen LogP contribution in [0.15, 0.2) is 11.4 Å². The molecule has 0 spiro atoms. The predicted octanol–water partition coefficient (Wildman–Crippen LogP) is 1.67. The van der Waals surface area contributed by atoms with Crippen molar-refractivity contribution < 1.29 is 4.79 Å². The van der Waals surface area contributed by atoms with Crippen molar-refractivity contribution in [2.45, 2.75) is 19.5 Å². The van der Waals surface area contributed by atoms with Crippen molar-refractivity contribution in [1.29, 1.82) is 0 Å². The molecule has 5 nitrogen and oxygen atoms in total. The van der Waals surface area contributed by atoms with Gasteiger partial charge in [-0.1, -0.05) is 11.6 Å². The van der Waals surface area contributed by atoms with Crippen LogP contribution in [-0.4, -0.2) is 39.9 Å². The second-order valence-electron chi connectivity index (χ2n) is 4.51. The zero-order valence-electron chi connectivity index (χ0n) is 10.4. The van der Waals surface area contributed by atoms with Crippen LogP contribution in [0.4, 0.5) is 0 Å². The highest BCUT2D eigenvalue weighted by Crippen LogP contribution is 2.25. The Hall–Kier alpha value is -1.24. The quantitative estimate of drug-likeness (QED) is 0.857. The van der Waals surface area contributed by atoms with E-state index in [1.165, 1.54) is 0 Å². The average molecular weight is 297 g/mol. The van der Waals surface area contributed by atoms with Crippen LogP contribution in [0.5, 0.6) is 0 Å². The molecule has 2 aromatic rings. The molecule has 0 aliphatic carbocycles. The van der Waals surface area contributed by atoms with Gasteiger partial charge >= 0.3 is 0 Å². The molecule has 2 aromatic heterocycles. The van der Waals surface area contributed by atoms with Crippen LogP contribution in [0.2, 0.25) is 5.15 Å². The molecule has 1 unspecified atom stereocenters. The van der Waals surface area contributed by atoms with Gasteiger partial charge in [-0.05, 0) is 18.4 Å². The predicted molar refractivity (Wildman–Crippen MR) is 75.3 cm³/mol. The van der Waals surface area contributed by atoms with Gasteiger partial charge in [-0.25, -0.2) is 9.97 Å². The molecule has 1 saturated heterocycles. The van der Waals surface area contributed by atoms with Crippen LogP contribution < -0.4 is 5.32 Å². The molecule has 0 aromatic carbocycles. The summed E-state index contributed by atoms with van der Waals surface area (Å²) < 4.78 is 0. The van der Waals surface area contributed by atoms with E-state index in [0.29, 0.717) is 24.1 Å². The SMILES string of the molecule is CC1C(=O)NCCN1Cc1nc(Cl)c2ccsc2n1. The molecule has 3 rings (SSSR count). The summed E-state index contributed by atoms with van der Waals surface area (Å²) in [5, 5.41) is 6.16. The molecule has 7 heteroatoms. The maximum atomic E-state index is 11.6. The molecule has 3 heterocycles. The van der Waals surface area contributed by atoms with Crippen LogP contribution in [0, 0.1) is 0 Å². The number of rotatable bonds is 2. The smallest absolute Gasteiger partial charge is 0.237 e. The zero-order chi connectivity index (χ0) is 13.4. The van der Waals surface area contributed by atoms with Crippen LogP contribution in [0.25, 0.3) is 10.2 Å². The minimum absolute atomic E-state index is 0.0505. The number of carbonyl (C=O) groups excluding carboxylic acids is 1. The van der Waals surface area contributed by atoms with Crippen molar-refractivity contribution in [3.63, 3.8) is 0 Å². The van der Waals surface area contributed by atoms with E-state index in [0.717, 1.165) is 16.8 Å². The molecular weight excluding hydrogens is 284 g/mol. The Morgan fingerprint density at radius 1 is 1.58 bits per heavy atom. The van der Waals surface area contributed by atoms with Crippen molar-refractivity contribution in [2.75, 3.05) is 13.1 Å². The molecule has 1 atom stereocenters. The first-order chi connectivity index (χ1) is 9.15. The van der Waals surface area contributed by atoms with Gasteiger partial charge in [0, 0.05) is 18.5 Å². The second kappa shape index (κ2) is 5.03. The molecule has 0 bridgehead atoms. The fraction of sp³-hybridized carbons (Fsp3) is 0.417. The highest BCUT2D eigenvalue weighted by molar-refractivity contribution is 7.16. The number of aromatic nitrogens is 2. The standard InChI is InChI=1S/C12H13ClN4OS/c1-7-11(18)14-3-4-17(7)6-9-15-10(13)8-2-5-19-12(8)16-9/h2,5,7H,3-4,6H2,1H3,(H,14,18). The van der Waals surface area contributed by atoms with Gasteiger partial charge in [0.1, 0.15) is 15.8 Å². The van der Waals surface area contributed by atoms with Crippen molar-refractivity contribution >= 4 is 39.1 Å². The minimum Gasteiger partial charge on any atom is -0.353 e. The lowest BCUT2D eigenvalue weighted by atomic mass is 10.2. The summed E-state index contributed by atoms with van der Waals surface area (Å²) in [6.45, 7) is 3.90. The van der Waals surface area contributed by atoms with Gasteiger partial charge in [0.2, 0.25) is 5.91 Å². The Labute approximate surface area is 119 Å². The van der Waals surface area contributed by atoms with E-state index in [-0.39, 0.29) is 11.9 Å². The number of fused-ring (bicyclic) bond motifs is 1. The van der Waals surface area contributed by atoms with Crippen molar-refractivity contribution in [3.05, 3.63) is 22.4 Å². The summed E-state index contributed by atoms with van der Waals surface area (Å²) in [6, 6.07) is 1.76. The van der Waals surface area contributed by atoms with Crippen LogP contribution in [0.3, 0.4) is 0 Å². The van der Waals surface area contributed by atoms with E-state index in [4.69, 9.17) is 11.6 Å². The minimum atomic E-state index is -0.157. The number of thiophene rings is 1. The van der Waals surface area contributed by atoms with Gasteiger partial charge in [-0.15, -0.1) is 11.3 Å². The number of hydrogen-bond acceptors (Lipinski definition) is 5. The maximum Gasteiger partial charge on any atom is 0.237 e. The first-order valence-electron chi connectivity index (χ1n) is 6.06.